The Morgan fingerprint density at radius 1 is 1.33 bits per heavy atom. The molecule has 0 aromatic heterocycles. The Morgan fingerprint density at radius 3 is 2.81 bits per heavy atom. The van der Waals surface area contributed by atoms with Gasteiger partial charge in [-0.3, -0.25) is 14.4 Å². The minimum Gasteiger partial charge on any atom is -0.479 e. The maximum absolute atomic E-state index is 12.0. The number of rotatable bonds is 5. The van der Waals surface area contributed by atoms with Gasteiger partial charge < -0.3 is 14.8 Å². The molecular weight excluding hydrogens is 274 g/mol. The number of fused-ring (bicyclic) bond motifs is 1. The van der Waals surface area contributed by atoms with E-state index in [2.05, 4.69) is 10.1 Å². The minimum atomic E-state index is -0.542. The monoisotopic (exact) mass is 291 g/mol. The quantitative estimate of drug-likeness (QED) is 0.662. The zero-order valence-electron chi connectivity index (χ0n) is 12.0. The molecule has 6 heteroatoms. The summed E-state index contributed by atoms with van der Waals surface area (Å²) in [6.07, 6.45) is 0.352. The van der Waals surface area contributed by atoms with Crippen molar-refractivity contribution in [2.75, 3.05) is 12.4 Å². The first-order chi connectivity index (χ1) is 10.0. The van der Waals surface area contributed by atoms with Crippen LogP contribution >= 0.6 is 0 Å². The Morgan fingerprint density at radius 2 is 2.10 bits per heavy atom. The summed E-state index contributed by atoms with van der Waals surface area (Å²) in [4.78, 5) is 34.6. The second-order valence-electron chi connectivity index (χ2n) is 4.81. The van der Waals surface area contributed by atoms with E-state index in [1.807, 2.05) is 0 Å². The number of nitrogens with one attached hydrogen (secondary N) is 1. The fraction of sp³-hybridized carbons (Fsp3) is 0.400. The molecule has 0 radical (unpaired) electrons. The molecule has 0 saturated carbocycles. The first-order valence-corrected chi connectivity index (χ1v) is 6.73. The molecule has 0 fully saturated rings. The molecule has 0 saturated heterocycles. The molecule has 0 spiro atoms. The van der Waals surface area contributed by atoms with Gasteiger partial charge in [0.1, 0.15) is 5.75 Å². The van der Waals surface area contributed by atoms with E-state index in [1.165, 1.54) is 7.11 Å². The molecule has 1 aromatic carbocycles. The van der Waals surface area contributed by atoms with E-state index in [0.29, 0.717) is 23.4 Å². The summed E-state index contributed by atoms with van der Waals surface area (Å²) in [6.45, 7) is 1.66. The fourth-order valence-corrected chi connectivity index (χ4v) is 2.02. The molecule has 1 atom stereocenters. The number of amides is 1. The van der Waals surface area contributed by atoms with Gasteiger partial charge in [0.2, 0.25) is 0 Å². The number of methoxy groups -OCH3 is 1. The van der Waals surface area contributed by atoms with Gasteiger partial charge in [-0.2, -0.15) is 0 Å². The minimum absolute atomic E-state index is 0.0884. The summed E-state index contributed by atoms with van der Waals surface area (Å²) < 4.78 is 9.94. The number of anilines is 1. The lowest BCUT2D eigenvalue weighted by molar-refractivity contribution is -0.140. The average Bonchev–Trinajstić information content (AvgIpc) is 2.47. The number of hydrogen-bond donors (Lipinski definition) is 1. The Bertz CT molecular complexity index is 581. The van der Waals surface area contributed by atoms with Crippen LogP contribution in [0.3, 0.4) is 0 Å². The molecule has 112 valence electrons. The lowest BCUT2D eigenvalue weighted by atomic mass is 10.0. The maximum atomic E-state index is 12.0. The molecule has 1 aromatic rings. The number of Topliss-reactive ketones (excluding diaryl/α,β-unsaturated/α-hetero) is 1. The maximum Gasteiger partial charge on any atom is 0.305 e. The van der Waals surface area contributed by atoms with Crippen molar-refractivity contribution in [1.29, 1.82) is 0 Å². The van der Waals surface area contributed by atoms with E-state index in [4.69, 9.17) is 4.74 Å². The SMILES string of the molecule is COC(=O)CCCC(=O)c1ccc2c(c1)NC(=O)C(C)O2. The van der Waals surface area contributed by atoms with Gasteiger partial charge in [-0.1, -0.05) is 0 Å². The first kappa shape index (κ1) is 15.0. The Kier molecular flexibility index (Phi) is 4.57. The second-order valence-corrected chi connectivity index (χ2v) is 4.81. The molecule has 1 aliphatic heterocycles. The van der Waals surface area contributed by atoms with E-state index < -0.39 is 6.10 Å². The van der Waals surface area contributed by atoms with Gasteiger partial charge in [0.05, 0.1) is 12.8 Å². The van der Waals surface area contributed by atoms with Crippen LogP contribution in [0.1, 0.15) is 36.5 Å². The third-order valence-electron chi connectivity index (χ3n) is 3.24. The third-order valence-corrected chi connectivity index (χ3v) is 3.24. The van der Waals surface area contributed by atoms with Crippen molar-refractivity contribution in [1.82, 2.24) is 0 Å². The van der Waals surface area contributed by atoms with Gasteiger partial charge in [-0.05, 0) is 31.5 Å². The highest BCUT2D eigenvalue weighted by Gasteiger charge is 2.24. The molecule has 1 heterocycles. The summed E-state index contributed by atoms with van der Waals surface area (Å²) >= 11 is 0. The van der Waals surface area contributed by atoms with Crippen LogP contribution in [0, 0.1) is 0 Å². The van der Waals surface area contributed by atoms with Crippen LogP contribution in [-0.4, -0.2) is 30.9 Å². The van der Waals surface area contributed by atoms with Crippen LogP contribution in [0.15, 0.2) is 18.2 Å². The number of benzene rings is 1. The summed E-state index contributed by atoms with van der Waals surface area (Å²) in [5.41, 5.74) is 0.981. The second kappa shape index (κ2) is 6.39. The molecule has 1 unspecified atom stereocenters. The molecular formula is C15H17NO5. The summed E-state index contributed by atoms with van der Waals surface area (Å²) in [6, 6.07) is 4.92. The number of esters is 1. The highest BCUT2D eigenvalue weighted by atomic mass is 16.5. The normalized spacial score (nSPS) is 16.5. The van der Waals surface area contributed by atoms with Crippen molar-refractivity contribution in [2.45, 2.75) is 32.3 Å². The summed E-state index contributed by atoms with van der Waals surface area (Å²) in [5, 5.41) is 2.70. The number of hydrogen-bond acceptors (Lipinski definition) is 5. The van der Waals surface area contributed by atoms with Crippen LogP contribution in [0.2, 0.25) is 0 Å². The van der Waals surface area contributed by atoms with E-state index in [0.717, 1.165) is 0 Å². The zero-order chi connectivity index (χ0) is 15.4. The van der Waals surface area contributed by atoms with Gasteiger partial charge in [-0.15, -0.1) is 0 Å². The molecule has 21 heavy (non-hydrogen) atoms. The van der Waals surface area contributed by atoms with Gasteiger partial charge in [0.25, 0.3) is 5.91 Å². The fourth-order valence-electron chi connectivity index (χ4n) is 2.02. The number of carbonyl (C=O) groups excluding carboxylic acids is 3. The number of ketones is 1. The topological polar surface area (TPSA) is 81.7 Å². The lowest BCUT2D eigenvalue weighted by Crippen LogP contribution is -2.34. The van der Waals surface area contributed by atoms with Crippen LogP contribution in [-0.2, 0) is 14.3 Å². The van der Waals surface area contributed by atoms with Crippen molar-refractivity contribution < 1.29 is 23.9 Å². The molecule has 1 amide bonds. The van der Waals surface area contributed by atoms with E-state index in [9.17, 15) is 14.4 Å². The van der Waals surface area contributed by atoms with Gasteiger partial charge >= 0.3 is 5.97 Å². The van der Waals surface area contributed by atoms with E-state index in [-0.39, 0.29) is 30.5 Å². The van der Waals surface area contributed by atoms with Crippen molar-refractivity contribution in [2.24, 2.45) is 0 Å². The highest BCUT2D eigenvalue weighted by Crippen LogP contribution is 2.30. The van der Waals surface area contributed by atoms with Crippen molar-refractivity contribution in [3.63, 3.8) is 0 Å². The van der Waals surface area contributed by atoms with Crippen LogP contribution < -0.4 is 10.1 Å². The number of carbonyl (C=O) groups is 3. The average molecular weight is 291 g/mol. The molecule has 1 aliphatic rings. The smallest absolute Gasteiger partial charge is 0.305 e. The van der Waals surface area contributed by atoms with Crippen LogP contribution in [0.4, 0.5) is 5.69 Å². The van der Waals surface area contributed by atoms with E-state index >= 15 is 0 Å². The third kappa shape index (κ3) is 3.59. The molecule has 2 rings (SSSR count). The lowest BCUT2D eigenvalue weighted by Gasteiger charge is -2.23. The predicted molar refractivity (Wildman–Crippen MR) is 75.4 cm³/mol. The van der Waals surface area contributed by atoms with Crippen molar-refractivity contribution in [3.8, 4) is 5.75 Å². The molecule has 0 bridgehead atoms. The Balaban J connectivity index is 2.01. The summed E-state index contributed by atoms with van der Waals surface area (Å²) in [7, 11) is 1.32. The predicted octanol–water partition coefficient (Wildman–Crippen LogP) is 1.93. The largest absolute Gasteiger partial charge is 0.479 e. The number of ether oxygens (including phenoxy) is 2. The van der Waals surface area contributed by atoms with Crippen LogP contribution in [0.25, 0.3) is 0 Å². The Hall–Kier alpha value is -2.37. The van der Waals surface area contributed by atoms with E-state index in [1.54, 1.807) is 25.1 Å². The standard InChI is InChI=1S/C15H17NO5/c1-9-15(19)16-11-8-10(6-7-13(11)21-9)12(17)4-3-5-14(18)20-2/h6-9H,3-5H2,1-2H3,(H,16,19). The Labute approximate surface area is 122 Å². The van der Waals surface area contributed by atoms with Gasteiger partial charge in [0, 0.05) is 18.4 Å². The highest BCUT2D eigenvalue weighted by molar-refractivity contribution is 6.01. The van der Waals surface area contributed by atoms with Crippen LogP contribution in [0.5, 0.6) is 5.75 Å². The molecule has 1 N–H and O–H groups in total. The first-order valence-electron chi connectivity index (χ1n) is 6.73. The van der Waals surface area contributed by atoms with Gasteiger partial charge in [-0.25, -0.2) is 0 Å². The van der Waals surface area contributed by atoms with Gasteiger partial charge in [0.15, 0.2) is 11.9 Å². The van der Waals surface area contributed by atoms with Crippen molar-refractivity contribution >= 4 is 23.3 Å². The van der Waals surface area contributed by atoms with Crippen molar-refractivity contribution in [3.05, 3.63) is 23.8 Å². The zero-order valence-corrected chi connectivity index (χ0v) is 12.0. The molecule has 6 nitrogen and oxygen atoms in total. The molecule has 0 aliphatic carbocycles. The summed E-state index contributed by atoms with van der Waals surface area (Å²) in [5.74, 6) is -0.108.